The molecule has 1 fully saturated rings. The summed E-state index contributed by atoms with van der Waals surface area (Å²) in [6.07, 6.45) is 10.0. The molecule has 0 spiro atoms. The molecule has 6 heteroatoms. The van der Waals surface area contributed by atoms with Crippen LogP contribution in [0.3, 0.4) is 0 Å². The molecule has 148 valence electrons. The number of aliphatic imine (C=N–C) groups is 1. The lowest BCUT2D eigenvalue weighted by molar-refractivity contribution is 0.160. The van der Waals surface area contributed by atoms with Crippen molar-refractivity contribution in [2.24, 2.45) is 4.99 Å². The van der Waals surface area contributed by atoms with Gasteiger partial charge in [0.25, 0.3) is 0 Å². The smallest absolute Gasteiger partial charge is 0.191 e. The van der Waals surface area contributed by atoms with E-state index in [0.717, 1.165) is 44.5 Å². The van der Waals surface area contributed by atoms with Gasteiger partial charge in [-0.1, -0.05) is 6.42 Å². The van der Waals surface area contributed by atoms with E-state index in [1.54, 1.807) is 0 Å². The van der Waals surface area contributed by atoms with Crippen molar-refractivity contribution in [2.75, 3.05) is 32.7 Å². The van der Waals surface area contributed by atoms with Crippen molar-refractivity contribution < 1.29 is 0 Å². The molecule has 1 aromatic heterocycles. The monoisotopic (exact) mass is 473 g/mol. The maximum Gasteiger partial charge on any atom is 0.191 e. The highest BCUT2D eigenvalue weighted by molar-refractivity contribution is 14.0. The zero-order valence-corrected chi connectivity index (χ0v) is 19.0. The Morgan fingerprint density at radius 1 is 1.35 bits per heavy atom. The zero-order valence-electron chi connectivity index (χ0n) is 16.6. The molecule has 1 aliphatic heterocycles. The first kappa shape index (κ1) is 23.1. The van der Waals surface area contributed by atoms with Gasteiger partial charge < -0.3 is 15.5 Å². The van der Waals surface area contributed by atoms with Gasteiger partial charge in [0.05, 0.1) is 0 Å². The fourth-order valence-corrected chi connectivity index (χ4v) is 3.39. The van der Waals surface area contributed by atoms with E-state index < -0.39 is 0 Å². The van der Waals surface area contributed by atoms with Crippen LogP contribution in [0.4, 0.5) is 0 Å². The Hall–Kier alpha value is -0.890. The van der Waals surface area contributed by atoms with Crippen LogP contribution in [-0.4, -0.2) is 54.6 Å². The van der Waals surface area contributed by atoms with Gasteiger partial charge >= 0.3 is 0 Å². The van der Waals surface area contributed by atoms with Crippen LogP contribution < -0.4 is 10.6 Å². The third-order valence-corrected chi connectivity index (χ3v) is 4.98. The fraction of sp³-hybridized carbons (Fsp3) is 0.700. The number of piperidine rings is 1. The Morgan fingerprint density at radius 3 is 2.92 bits per heavy atom. The average molecular weight is 473 g/mol. The molecule has 0 aromatic carbocycles. The Labute approximate surface area is 176 Å². The summed E-state index contributed by atoms with van der Waals surface area (Å²) in [5, 5.41) is 6.79. The molecule has 5 nitrogen and oxygen atoms in total. The third-order valence-electron chi connectivity index (χ3n) is 4.98. The summed E-state index contributed by atoms with van der Waals surface area (Å²) in [5.41, 5.74) is 2.60. The largest absolute Gasteiger partial charge is 0.357 e. The number of halogens is 1. The molecule has 1 saturated heterocycles. The lowest BCUT2D eigenvalue weighted by atomic mass is 10.0. The number of aryl methyl sites for hydroxylation is 1. The van der Waals surface area contributed by atoms with Crippen LogP contribution in [0.15, 0.2) is 23.5 Å². The maximum atomic E-state index is 4.73. The molecule has 0 radical (unpaired) electrons. The second-order valence-electron chi connectivity index (χ2n) is 6.97. The standard InChI is InChI=1S/C20H35N5.HI/c1-4-22-20(24-13-10-19-9-12-21-16-17(19)2)23-11-7-15-25-14-6-5-8-18(25)3;/h9,12,16,18H,4-8,10-11,13-15H2,1-3H3,(H2,22,23,24);1H. The van der Waals surface area contributed by atoms with Gasteiger partial charge in [-0.05, 0) is 70.2 Å². The van der Waals surface area contributed by atoms with Crippen molar-refractivity contribution >= 4 is 29.9 Å². The summed E-state index contributed by atoms with van der Waals surface area (Å²) in [7, 11) is 0. The van der Waals surface area contributed by atoms with Gasteiger partial charge in [0.2, 0.25) is 0 Å². The number of likely N-dealkylation sites (tertiary alicyclic amines) is 1. The van der Waals surface area contributed by atoms with Crippen LogP contribution in [-0.2, 0) is 6.42 Å². The first-order valence-corrected chi connectivity index (χ1v) is 9.86. The highest BCUT2D eigenvalue weighted by atomic mass is 127. The van der Waals surface area contributed by atoms with Crippen molar-refractivity contribution in [1.29, 1.82) is 0 Å². The highest BCUT2D eigenvalue weighted by Gasteiger charge is 2.16. The van der Waals surface area contributed by atoms with Crippen molar-refractivity contribution in [3.8, 4) is 0 Å². The minimum atomic E-state index is 0. The van der Waals surface area contributed by atoms with Gasteiger partial charge in [-0.25, -0.2) is 0 Å². The van der Waals surface area contributed by atoms with Crippen LogP contribution in [0, 0.1) is 6.92 Å². The lowest BCUT2D eigenvalue weighted by Crippen LogP contribution is -2.39. The van der Waals surface area contributed by atoms with Gasteiger partial charge in [-0.3, -0.25) is 9.98 Å². The number of hydrogen-bond donors (Lipinski definition) is 2. The quantitative estimate of drug-likeness (QED) is 0.263. The first-order chi connectivity index (χ1) is 12.2. The number of pyridine rings is 1. The molecular weight excluding hydrogens is 437 g/mol. The van der Waals surface area contributed by atoms with Gasteiger partial charge in [-0.15, -0.1) is 24.0 Å². The van der Waals surface area contributed by atoms with Crippen LogP contribution in [0.1, 0.15) is 50.7 Å². The first-order valence-electron chi connectivity index (χ1n) is 9.86. The molecule has 1 aromatic rings. The van der Waals surface area contributed by atoms with Gasteiger partial charge in [0.15, 0.2) is 5.96 Å². The number of nitrogens with zero attached hydrogens (tertiary/aromatic N) is 3. The second-order valence-corrected chi connectivity index (χ2v) is 6.97. The summed E-state index contributed by atoms with van der Waals surface area (Å²) in [4.78, 5) is 11.5. The van der Waals surface area contributed by atoms with Crippen LogP contribution in [0.2, 0.25) is 0 Å². The molecular formula is C20H36IN5. The van der Waals surface area contributed by atoms with Gasteiger partial charge in [-0.2, -0.15) is 0 Å². The average Bonchev–Trinajstić information content (AvgIpc) is 2.61. The van der Waals surface area contributed by atoms with Crippen LogP contribution >= 0.6 is 24.0 Å². The summed E-state index contributed by atoms with van der Waals surface area (Å²) in [6.45, 7) is 11.7. The minimum absolute atomic E-state index is 0. The number of guanidine groups is 1. The number of nitrogens with one attached hydrogen (secondary N) is 2. The molecule has 1 aliphatic rings. The number of aromatic nitrogens is 1. The van der Waals surface area contributed by atoms with Crippen LogP contribution in [0.5, 0.6) is 0 Å². The van der Waals surface area contributed by atoms with E-state index in [1.165, 1.54) is 43.5 Å². The predicted octanol–water partition coefficient (Wildman–Crippen LogP) is 3.37. The molecule has 2 heterocycles. The molecule has 1 atom stereocenters. The molecule has 2 N–H and O–H groups in total. The third kappa shape index (κ3) is 8.20. The molecule has 0 bridgehead atoms. The molecule has 0 saturated carbocycles. The Morgan fingerprint density at radius 2 is 2.19 bits per heavy atom. The molecule has 26 heavy (non-hydrogen) atoms. The van der Waals surface area contributed by atoms with E-state index in [9.17, 15) is 0 Å². The van der Waals surface area contributed by atoms with E-state index >= 15 is 0 Å². The summed E-state index contributed by atoms with van der Waals surface area (Å²) >= 11 is 0. The maximum absolute atomic E-state index is 4.73. The van der Waals surface area contributed by atoms with Crippen molar-refractivity contribution in [1.82, 2.24) is 20.5 Å². The Kier molecular flexibility index (Phi) is 11.8. The van der Waals surface area contributed by atoms with Gasteiger partial charge in [0.1, 0.15) is 0 Å². The second kappa shape index (κ2) is 13.3. The molecule has 0 aliphatic carbocycles. The fourth-order valence-electron chi connectivity index (χ4n) is 3.39. The van der Waals surface area contributed by atoms with Crippen molar-refractivity contribution in [3.05, 3.63) is 29.6 Å². The van der Waals surface area contributed by atoms with E-state index in [2.05, 4.69) is 47.4 Å². The minimum Gasteiger partial charge on any atom is -0.357 e. The number of hydrogen-bond acceptors (Lipinski definition) is 3. The summed E-state index contributed by atoms with van der Waals surface area (Å²) < 4.78 is 0. The summed E-state index contributed by atoms with van der Waals surface area (Å²) in [5.74, 6) is 0.931. The molecule has 2 rings (SSSR count). The summed E-state index contributed by atoms with van der Waals surface area (Å²) in [6, 6.07) is 2.84. The normalized spacial score (nSPS) is 18.3. The van der Waals surface area contributed by atoms with Crippen molar-refractivity contribution in [3.63, 3.8) is 0 Å². The topological polar surface area (TPSA) is 52.6 Å². The molecule has 1 unspecified atom stereocenters. The SMILES string of the molecule is CCNC(=NCCCN1CCCCC1C)NCCc1ccncc1C.I. The highest BCUT2D eigenvalue weighted by Crippen LogP contribution is 2.16. The lowest BCUT2D eigenvalue weighted by Gasteiger charge is -2.33. The number of rotatable bonds is 8. The van der Waals surface area contributed by atoms with E-state index in [1.807, 2.05) is 12.4 Å². The van der Waals surface area contributed by atoms with Gasteiger partial charge in [0, 0.05) is 44.6 Å². The van der Waals surface area contributed by atoms with E-state index in [-0.39, 0.29) is 24.0 Å². The Bertz CT molecular complexity index is 535. The predicted molar refractivity (Wildman–Crippen MR) is 122 cm³/mol. The van der Waals surface area contributed by atoms with Crippen molar-refractivity contribution in [2.45, 2.75) is 58.9 Å². The zero-order chi connectivity index (χ0) is 17.9. The molecule has 0 amide bonds. The van der Waals surface area contributed by atoms with E-state index in [4.69, 9.17) is 4.99 Å². The van der Waals surface area contributed by atoms with E-state index in [0.29, 0.717) is 0 Å². The van der Waals surface area contributed by atoms with Crippen LogP contribution in [0.25, 0.3) is 0 Å². The Balaban J connectivity index is 0.00000338.